The lowest BCUT2D eigenvalue weighted by atomic mass is 10.2. The highest BCUT2D eigenvalue weighted by Gasteiger charge is 2.30. The Morgan fingerprint density at radius 1 is 1.21 bits per heavy atom. The number of anilines is 1. The molecule has 2 aromatic rings. The number of carbonyl (C=O) groups excluding carboxylic acids is 1. The Morgan fingerprint density at radius 2 is 1.96 bits per heavy atom. The Bertz CT molecular complexity index is 955. The molecular formula is C16H14ClN3O3S. The molecule has 24 heavy (non-hydrogen) atoms. The number of benzene rings is 2. The fraction of sp³-hybridized carbons (Fsp3) is 0.125. The maximum atomic E-state index is 12.1. The van der Waals surface area contributed by atoms with Gasteiger partial charge in [0.1, 0.15) is 12.4 Å². The SMILES string of the molecule is Cc1c(Cl)cccc1NC(=O)CN=C1NS(=O)(=O)c2ccccc21. The van der Waals surface area contributed by atoms with E-state index in [2.05, 4.69) is 15.0 Å². The summed E-state index contributed by atoms with van der Waals surface area (Å²) in [5.41, 5.74) is 1.82. The Hall–Kier alpha value is -2.38. The molecule has 124 valence electrons. The van der Waals surface area contributed by atoms with Crippen molar-refractivity contribution in [1.29, 1.82) is 0 Å². The van der Waals surface area contributed by atoms with Crippen LogP contribution >= 0.6 is 11.6 Å². The number of halogens is 1. The highest BCUT2D eigenvalue weighted by atomic mass is 35.5. The number of sulfonamides is 1. The van der Waals surface area contributed by atoms with Gasteiger partial charge in [-0.1, -0.05) is 29.8 Å². The van der Waals surface area contributed by atoms with Gasteiger partial charge in [0.15, 0.2) is 0 Å². The number of hydrogen-bond acceptors (Lipinski definition) is 4. The van der Waals surface area contributed by atoms with Crippen LogP contribution in [0.15, 0.2) is 52.4 Å². The molecule has 2 N–H and O–H groups in total. The molecule has 1 amide bonds. The number of amides is 1. The fourth-order valence-corrected chi connectivity index (χ4v) is 3.76. The molecule has 0 spiro atoms. The smallest absolute Gasteiger partial charge is 0.263 e. The van der Waals surface area contributed by atoms with Crippen LogP contribution in [0.25, 0.3) is 0 Å². The minimum atomic E-state index is -3.60. The van der Waals surface area contributed by atoms with Gasteiger partial charge in [-0.05, 0) is 36.8 Å². The monoisotopic (exact) mass is 363 g/mol. The van der Waals surface area contributed by atoms with E-state index in [1.807, 2.05) is 0 Å². The molecule has 0 saturated heterocycles. The largest absolute Gasteiger partial charge is 0.324 e. The van der Waals surface area contributed by atoms with Crippen LogP contribution in [0.3, 0.4) is 0 Å². The van der Waals surface area contributed by atoms with Crippen molar-refractivity contribution in [3.63, 3.8) is 0 Å². The number of fused-ring (bicyclic) bond motifs is 1. The molecule has 2 aromatic carbocycles. The van der Waals surface area contributed by atoms with Gasteiger partial charge in [0.25, 0.3) is 10.0 Å². The second kappa shape index (κ2) is 6.26. The van der Waals surface area contributed by atoms with Crippen molar-refractivity contribution in [2.24, 2.45) is 4.99 Å². The van der Waals surface area contributed by atoms with E-state index < -0.39 is 10.0 Å². The zero-order chi connectivity index (χ0) is 17.3. The van der Waals surface area contributed by atoms with Crippen LogP contribution < -0.4 is 10.0 Å². The summed E-state index contributed by atoms with van der Waals surface area (Å²) < 4.78 is 26.3. The van der Waals surface area contributed by atoms with Crippen LogP contribution in [0.1, 0.15) is 11.1 Å². The van der Waals surface area contributed by atoms with Crippen molar-refractivity contribution in [2.75, 3.05) is 11.9 Å². The molecule has 0 bridgehead atoms. The first-order chi connectivity index (χ1) is 11.4. The first kappa shape index (κ1) is 16.5. The summed E-state index contributed by atoms with van der Waals surface area (Å²) >= 11 is 6.01. The van der Waals surface area contributed by atoms with Crippen molar-refractivity contribution in [2.45, 2.75) is 11.8 Å². The van der Waals surface area contributed by atoms with Crippen LogP contribution in [-0.2, 0) is 14.8 Å². The molecule has 1 heterocycles. The first-order valence-corrected chi connectivity index (χ1v) is 8.96. The lowest BCUT2D eigenvalue weighted by Crippen LogP contribution is -2.24. The summed E-state index contributed by atoms with van der Waals surface area (Å²) in [7, 11) is -3.60. The molecule has 6 nitrogen and oxygen atoms in total. The van der Waals surface area contributed by atoms with Gasteiger partial charge in [0.2, 0.25) is 5.91 Å². The summed E-state index contributed by atoms with van der Waals surface area (Å²) in [4.78, 5) is 16.3. The molecule has 0 saturated carbocycles. The predicted molar refractivity (Wildman–Crippen MR) is 93.0 cm³/mol. The van der Waals surface area contributed by atoms with E-state index in [9.17, 15) is 13.2 Å². The lowest BCUT2D eigenvalue weighted by Gasteiger charge is -2.08. The Morgan fingerprint density at radius 3 is 2.75 bits per heavy atom. The molecule has 0 unspecified atom stereocenters. The van der Waals surface area contributed by atoms with Crippen molar-refractivity contribution in [3.8, 4) is 0 Å². The summed E-state index contributed by atoms with van der Waals surface area (Å²) in [6, 6.07) is 11.7. The third-order valence-corrected chi connectivity index (χ3v) is 5.39. The average molecular weight is 364 g/mol. The van der Waals surface area contributed by atoms with E-state index in [1.165, 1.54) is 6.07 Å². The highest BCUT2D eigenvalue weighted by Crippen LogP contribution is 2.23. The predicted octanol–water partition coefficient (Wildman–Crippen LogP) is 2.33. The highest BCUT2D eigenvalue weighted by molar-refractivity contribution is 7.90. The van der Waals surface area contributed by atoms with Gasteiger partial charge in [-0.3, -0.25) is 14.5 Å². The Labute approximate surface area is 144 Å². The number of nitrogens with zero attached hydrogens (tertiary/aromatic N) is 1. The number of carbonyl (C=O) groups is 1. The standard InChI is InChI=1S/C16H14ClN3O3S/c1-10-12(17)6-4-7-13(10)19-15(21)9-18-16-11-5-2-3-8-14(11)24(22,23)20-16/h2-8H,9H2,1H3,(H,18,20)(H,19,21). The molecule has 0 aromatic heterocycles. The summed E-state index contributed by atoms with van der Waals surface area (Å²) in [5.74, 6) is -0.194. The Kier molecular flexibility index (Phi) is 4.29. The summed E-state index contributed by atoms with van der Waals surface area (Å²) in [6.45, 7) is 1.59. The summed E-state index contributed by atoms with van der Waals surface area (Å²) in [5, 5.41) is 3.26. The van der Waals surface area contributed by atoms with E-state index in [-0.39, 0.29) is 23.2 Å². The molecule has 8 heteroatoms. The van der Waals surface area contributed by atoms with Crippen LogP contribution in [0, 0.1) is 6.92 Å². The van der Waals surface area contributed by atoms with Crippen LogP contribution in [0.2, 0.25) is 5.02 Å². The third-order valence-electron chi connectivity index (χ3n) is 3.59. The maximum Gasteiger partial charge on any atom is 0.263 e. The number of amidine groups is 1. The second-order valence-corrected chi connectivity index (χ2v) is 7.29. The normalized spacial score (nSPS) is 16.5. The fourth-order valence-electron chi connectivity index (χ4n) is 2.33. The van der Waals surface area contributed by atoms with E-state index in [0.29, 0.717) is 16.3 Å². The minimum Gasteiger partial charge on any atom is -0.324 e. The molecule has 0 atom stereocenters. The van der Waals surface area contributed by atoms with Crippen LogP contribution in [0.4, 0.5) is 5.69 Å². The van der Waals surface area contributed by atoms with E-state index >= 15 is 0 Å². The van der Waals surface area contributed by atoms with Gasteiger partial charge in [-0.15, -0.1) is 0 Å². The van der Waals surface area contributed by atoms with Crippen molar-refractivity contribution >= 4 is 39.1 Å². The van der Waals surface area contributed by atoms with Crippen LogP contribution in [0.5, 0.6) is 0 Å². The maximum absolute atomic E-state index is 12.1. The van der Waals surface area contributed by atoms with Gasteiger partial charge in [-0.2, -0.15) is 0 Å². The van der Waals surface area contributed by atoms with E-state index in [1.54, 1.807) is 43.3 Å². The lowest BCUT2D eigenvalue weighted by molar-refractivity contribution is -0.114. The molecule has 1 aliphatic rings. The molecule has 3 rings (SSSR count). The molecule has 0 fully saturated rings. The van der Waals surface area contributed by atoms with E-state index in [0.717, 1.165) is 5.56 Å². The number of aliphatic imine (C=N–C) groups is 1. The molecule has 0 aliphatic carbocycles. The van der Waals surface area contributed by atoms with Crippen LogP contribution in [-0.4, -0.2) is 26.7 Å². The van der Waals surface area contributed by atoms with Crippen molar-refractivity contribution in [3.05, 3.63) is 58.6 Å². The zero-order valence-corrected chi connectivity index (χ0v) is 14.3. The van der Waals surface area contributed by atoms with Gasteiger partial charge < -0.3 is 5.32 Å². The van der Waals surface area contributed by atoms with Gasteiger partial charge in [-0.25, -0.2) is 8.42 Å². The topological polar surface area (TPSA) is 87.6 Å². The molecule has 0 radical (unpaired) electrons. The summed E-state index contributed by atoms with van der Waals surface area (Å²) in [6.07, 6.45) is 0. The molecular weight excluding hydrogens is 350 g/mol. The van der Waals surface area contributed by atoms with Crippen molar-refractivity contribution < 1.29 is 13.2 Å². The number of nitrogens with one attached hydrogen (secondary N) is 2. The minimum absolute atomic E-state index is 0.162. The zero-order valence-electron chi connectivity index (χ0n) is 12.7. The van der Waals surface area contributed by atoms with Crippen molar-refractivity contribution in [1.82, 2.24) is 4.72 Å². The Balaban J connectivity index is 1.77. The number of rotatable bonds is 3. The second-order valence-electron chi connectivity index (χ2n) is 5.23. The van der Waals surface area contributed by atoms with Gasteiger partial charge >= 0.3 is 0 Å². The first-order valence-electron chi connectivity index (χ1n) is 7.10. The van der Waals surface area contributed by atoms with E-state index in [4.69, 9.17) is 11.6 Å². The van der Waals surface area contributed by atoms with Gasteiger partial charge in [0.05, 0.1) is 4.90 Å². The molecule has 1 aliphatic heterocycles. The third kappa shape index (κ3) is 3.13. The van der Waals surface area contributed by atoms with Gasteiger partial charge in [0, 0.05) is 16.3 Å². The number of hydrogen-bond donors (Lipinski definition) is 2. The average Bonchev–Trinajstić information content (AvgIpc) is 2.81. The quantitative estimate of drug-likeness (QED) is 0.877.